The molecule has 0 bridgehead atoms. The number of amides is 1. The van der Waals surface area contributed by atoms with Gasteiger partial charge in [-0.05, 0) is 18.9 Å². The fraction of sp³-hybridized carbons (Fsp3) is 0.417. The zero-order valence-corrected chi connectivity index (χ0v) is 9.91. The van der Waals surface area contributed by atoms with E-state index in [0.29, 0.717) is 6.54 Å². The zero-order valence-electron chi connectivity index (χ0n) is 9.91. The van der Waals surface area contributed by atoms with Gasteiger partial charge in [0.1, 0.15) is 0 Å². The van der Waals surface area contributed by atoms with Crippen molar-refractivity contribution in [3.63, 3.8) is 0 Å². The molecule has 1 aliphatic heterocycles. The summed E-state index contributed by atoms with van der Waals surface area (Å²) < 4.78 is 0. The first-order valence-corrected chi connectivity index (χ1v) is 5.86. The molecular formula is C12H15N3O3. The number of benzene rings is 1. The molecule has 0 spiro atoms. The molecule has 0 saturated carbocycles. The molecule has 1 unspecified atom stereocenters. The van der Waals surface area contributed by atoms with Crippen LogP contribution in [-0.4, -0.2) is 23.9 Å². The molecule has 1 fully saturated rings. The Balaban J connectivity index is 2.18. The number of piperidine rings is 1. The molecule has 96 valence electrons. The quantitative estimate of drug-likeness (QED) is 0.645. The van der Waals surface area contributed by atoms with Gasteiger partial charge in [-0.1, -0.05) is 6.07 Å². The van der Waals surface area contributed by atoms with E-state index < -0.39 is 4.92 Å². The molecule has 0 radical (unpaired) electrons. The summed E-state index contributed by atoms with van der Waals surface area (Å²) in [7, 11) is 0. The van der Waals surface area contributed by atoms with Crippen LogP contribution in [0, 0.1) is 16.0 Å². The largest absolute Gasteiger partial charge is 0.371 e. The number of carbonyl (C=O) groups excluding carboxylic acids is 1. The van der Waals surface area contributed by atoms with E-state index in [4.69, 9.17) is 5.73 Å². The van der Waals surface area contributed by atoms with Crippen LogP contribution < -0.4 is 10.6 Å². The van der Waals surface area contributed by atoms with Gasteiger partial charge in [-0.15, -0.1) is 0 Å². The number of hydrogen-bond donors (Lipinski definition) is 1. The molecule has 1 aliphatic rings. The van der Waals surface area contributed by atoms with Crippen LogP contribution in [0.25, 0.3) is 0 Å². The minimum atomic E-state index is -0.418. The number of nitrogens with zero attached hydrogens (tertiary/aromatic N) is 2. The SMILES string of the molecule is NC(=O)C1CCCN(c2cccc([N+](=O)[O-])c2)C1. The van der Waals surface area contributed by atoms with Crippen LogP contribution in [-0.2, 0) is 4.79 Å². The molecule has 18 heavy (non-hydrogen) atoms. The van der Waals surface area contributed by atoms with Crippen molar-refractivity contribution in [3.8, 4) is 0 Å². The Labute approximate surface area is 105 Å². The lowest BCUT2D eigenvalue weighted by molar-refractivity contribution is -0.384. The average Bonchev–Trinajstić information content (AvgIpc) is 2.39. The lowest BCUT2D eigenvalue weighted by atomic mass is 9.97. The minimum absolute atomic E-state index is 0.0636. The number of carbonyl (C=O) groups is 1. The molecule has 1 aromatic rings. The lowest BCUT2D eigenvalue weighted by Crippen LogP contribution is -2.41. The zero-order chi connectivity index (χ0) is 13.1. The first kappa shape index (κ1) is 12.3. The van der Waals surface area contributed by atoms with Crippen molar-refractivity contribution in [2.24, 2.45) is 11.7 Å². The summed E-state index contributed by atoms with van der Waals surface area (Å²) in [4.78, 5) is 23.5. The van der Waals surface area contributed by atoms with Gasteiger partial charge >= 0.3 is 0 Å². The van der Waals surface area contributed by atoms with E-state index in [1.165, 1.54) is 12.1 Å². The van der Waals surface area contributed by atoms with Crippen LogP contribution in [0.2, 0.25) is 0 Å². The number of nitro benzene ring substituents is 1. The number of nitrogens with two attached hydrogens (primary N) is 1. The number of anilines is 1. The molecule has 2 N–H and O–H groups in total. The van der Waals surface area contributed by atoms with Crippen LogP contribution in [0.3, 0.4) is 0 Å². The molecule has 1 heterocycles. The molecule has 6 heteroatoms. The molecule has 0 aliphatic carbocycles. The van der Waals surface area contributed by atoms with Crippen molar-refractivity contribution in [2.45, 2.75) is 12.8 Å². The molecular weight excluding hydrogens is 234 g/mol. The van der Waals surface area contributed by atoms with Crippen molar-refractivity contribution < 1.29 is 9.72 Å². The first-order valence-electron chi connectivity index (χ1n) is 5.86. The molecule has 0 aromatic heterocycles. The summed E-state index contributed by atoms with van der Waals surface area (Å²) in [5.41, 5.74) is 6.15. The van der Waals surface area contributed by atoms with E-state index in [2.05, 4.69) is 0 Å². The predicted molar refractivity (Wildman–Crippen MR) is 67.2 cm³/mol. The normalized spacial score (nSPS) is 19.6. The van der Waals surface area contributed by atoms with E-state index in [9.17, 15) is 14.9 Å². The van der Waals surface area contributed by atoms with Gasteiger partial charge < -0.3 is 10.6 Å². The monoisotopic (exact) mass is 249 g/mol. The van der Waals surface area contributed by atoms with Crippen LogP contribution >= 0.6 is 0 Å². The maximum absolute atomic E-state index is 11.2. The highest BCUT2D eigenvalue weighted by atomic mass is 16.6. The summed E-state index contributed by atoms with van der Waals surface area (Å²) in [6, 6.07) is 6.46. The lowest BCUT2D eigenvalue weighted by Gasteiger charge is -2.32. The summed E-state index contributed by atoms with van der Waals surface area (Å²) >= 11 is 0. The van der Waals surface area contributed by atoms with Gasteiger partial charge in [-0.25, -0.2) is 0 Å². The summed E-state index contributed by atoms with van der Waals surface area (Å²) in [5, 5.41) is 10.7. The molecule has 1 amide bonds. The molecule has 1 atom stereocenters. The van der Waals surface area contributed by atoms with Gasteiger partial charge in [0.25, 0.3) is 5.69 Å². The Morgan fingerprint density at radius 1 is 1.50 bits per heavy atom. The highest BCUT2D eigenvalue weighted by Crippen LogP contribution is 2.26. The summed E-state index contributed by atoms with van der Waals surface area (Å²) in [6.45, 7) is 1.33. The average molecular weight is 249 g/mol. The summed E-state index contributed by atoms with van der Waals surface area (Å²) in [6.07, 6.45) is 1.66. The Bertz CT molecular complexity index is 475. The fourth-order valence-corrected chi connectivity index (χ4v) is 2.25. The van der Waals surface area contributed by atoms with E-state index in [1.807, 2.05) is 11.0 Å². The second-order valence-corrected chi connectivity index (χ2v) is 4.46. The predicted octanol–water partition coefficient (Wildman–Crippen LogP) is 1.30. The first-order chi connectivity index (χ1) is 8.58. The third kappa shape index (κ3) is 2.58. The van der Waals surface area contributed by atoms with Crippen molar-refractivity contribution in [1.82, 2.24) is 0 Å². The van der Waals surface area contributed by atoms with Gasteiger partial charge in [0.15, 0.2) is 0 Å². The number of non-ortho nitro benzene ring substituents is 1. The second-order valence-electron chi connectivity index (χ2n) is 4.46. The fourth-order valence-electron chi connectivity index (χ4n) is 2.25. The number of nitro groups is 1. The topological polar surface area (TPSA) is 89.5 Å². The molecule has 1 saturated heterocycles. The van der Waals surface area contributed by atoms with Crippen LogP contribution in [0.15, 0.2) is 24.3 Å². The van der Waals surface area contributed by atoms with Crippen molar-refractivity contribution >= 4 is 17.3 Å². The smallest absolute Gasteiger partial charge is 0.271 e. The van der Waals surface area contributed by atoms with E-state index in [1.54, 1.807) is 6.07 Å². The Morgan fingerprint density at radius 2 is 2.28 bits per heavy atom. The highest BCUT2D eigenvalue weighted by Gasteiger charge is 2.24. The maximum Gasteiger partial charge on any atom is 0.271 e. The molecule has 1 aromatic carbocycles. The third-order valence-corrected chi connectivity index (χ3v) is 3.23. The number of hydrogen-bond acceptors (Lipinski definition) is 4. The van der Waals surface area contributed by atoms with Crippen molar-refractivity contribution in [2.75, 3.05) is 18.0 Å². The van der Waals surface area contributed by atoms with Crippen molar-refractivity contribution in [1.29, 1.82) is 0 Å². The van der Waals surface area contributed by atoms with Crippen LogP contribution in [0.5, 0.6) is 0 Å². The number of rotatable bonds is 3. The second kappa shape index (κ2) is 5.03. The molecule has 6 nitrogen and oxygen atoms in total. The maximum atomic E-state index is 11.2. The minimum Gasteiger partial charge on any atom is -0.371 e. The Morgan fingerprint density at radius 3 is 2.94 bits per heavy atom. The van der Waals surface area contributed by atoms with Crippen LogP contribution in [0.4, 0.5) is 11.4 Å². The highest BCUT2D eigenvalue weighted by molar-refractivity contribution is 5.77. The van der Waals surface area contributed by atoms with Crippen LogP contribution in [0.1, 0.15) is 12.8 Å². The van der Waals surface area contributed by atoms with Gasteiger partial charge in [0.05, 0.1) is 10.8 Å². The Kier molecular flexibility index (Phi) is 3.45. The van der Waals surface area contributed by atoms with Crippen molar-refractivity contribution in [3.05, 3.63) is 34.4 Å². The third-order valence-electron chi connectivity index (χ3n) is 3.23. The van der Waals surface area contributed by atoms with Gasteiger partial charge in [-0.2, -0.15) is 0 Å². The standard InChI is InChI=1S/C12H15N3O3/c13-12(16)9-3-2-6-14(8-9)10-4-1-5-11(7-10)15(17)18/h1,4-5,7,9H,2-3,6,8H2,(H2,13,16). The number of primary amides is 1. The van der Waals surface area contributed by atoms with Gasteiger partial charge in [0.2, 0.25) is 5.91 Å². The van der Waals surface area contributed by atoms with Gasteiger partial charge in [-0.3, -0.25) is 14.9 Å². The molecule has 2 rings (SSSR count). The van der Waals surface area contributed by atoms with E-state index in [-0.39, 0.29) is 17.5 Å². The van der Waals surface area contributed by atoms with E-state index in [0.717, 1.165) is 25.1 Å². The summed E-state index contributed by atoms with van der Waals surface area (Å²) in [5.74, 6) is -0.469. The van der Waals surface area contributed by atoms with E-state index >= 15 is 0 Å². The van der Waals surface area contributed by atoms with Gasteiger partial charge in [0, 0.05) is 30.9 Å². The Hall–Kier alpha value is -2.11.